The summed E-state index contributed by atoms with van der Waals surface area (Å²) < 4.78 is 5.18. The van der Waals surface area contributed by atoms with Crippen molar-refractivity contribution >= 4 is 39.1 Å². The molecule has 0 aromatic heterocycles. The maximum absolute atomic E-state index is 6.32. The van der Waals surface area contributed by atoms with Crippen molar-refractivity contribution in [3.8, 4) is 5.75 Å². The summed E-state index contributed by atoms with van der Waals surface area (Å²) in [4.78, 5) is 0.270. The number of methoxy groups -OCH3 is 1. The first-order chi connectivity index (χ1) is 9.11. The van der Waals surface area contributed by atoms with Gasteiger partial charge in [-0.3, -0.25) is 0 Å². The number of benzene rings is 1. The van der Waals surface area contributed by atoms with Gasteiger partial charge < -0.3 is 4.74 Å². The van der Waals surface area contributed by atoms with E-state index in [1.165, 1.54) is 32.1 Å². The van der Waals surface area contributed by atoms with Crippen LogP contribution in [0.4, 0.5) is 0 Å². The van der Waals surface area contributed by atoms with Crippen LogP contribution < -0.4 is 4.74 Å². The second-order valence-corrected chi connectivity index (χ2v) is 7.14. The van der Waals surface area contributed by atoms with Crippen molar-refractivity contribution in [2.45, 2.75) is 43.4 Å². The maximum Gasteiger partial charge on any atom is 0.138 e. The zero-order valence-corrected chi connectivity index (χ0v) is 14.2. The molecule has 4 heteroatoms. The molecular weight excluding hydrogens is 347 g/mol. The number of alkyl halides is 1. The van der Waals surface area contributed by atoms with Crippen molar-refractivity contribution in [3.63, 3.8) is 0 Å². The first-order valence-corrected chi connectivity index (χ1v) is 8.46. The van der Waals surface area contributed by atoms with Gasteiger partial charge in [-0.15, -0.1) is 0 Å². The zero-order valence-electron chi connectivity index (χ0n) is 11.1. The van der Waals surface area contributed by atoms with Crippen LogP contribution >= 0.6 is 39.1 Å². The molecule has 0 bridgehead atoms. The van der Waals surface area contributed by atoms with E-state index >= 15 is 0 Å². The highest BCUT2D eigenvalue weighted by Gasteiger charge is 2.21. The number of hydrogen-bond donors (Lipinski definition) is 0. The second-order valence-electron chi connectivity index (χ2n) is 5.22. The maximum atomic E-state index is 6.32. The van der Waals surface area contributed by atoms with Gasteiger partial charge in [0.1, 0.15) is 5.75 Å². The lowest BCUT2D eigenvalue weighted by molar-refractivity contribution is 0.338. The summed E-state index contributed by atoms with van der Waals surface area (Å²) in [6, 6.07) is 3.72. The molecule has 1 saturated carbocycles. The van der Waals surface area contributed by atoms with Gasteiger partial charge in [-0.1, -0.05) is 71.2 Å². The molecule has 2 rings (SSSR count). The fourth-order valence-electron chi connectivity index (χ4n) is 2.78. The van der Waals surface area contributed by atoms with Gasteiger partial charge in [-0.05, 0) is 24.0 Å². The normalized spacial score (nSPS) is 18.3. The van der Waals surface area contributed by atoms with Crippen LogP contribution in [0, 0.1) is 5.92 Å². The predicted octanol–water partition coefficient (Wildman–Crippen LogP) is 6.41. The van der Waals surface area contributed by atoms with Crippen LogP contribution in [-0.2, 0) is 0 Å². The molecule has 1 unspecified atom stereocenters. The van der Waals surface area contributed by atoms with Crippen molar-refractivity contribution < 1.29 is 4.74 Å². The average Bonchev–Trinajstić information content (AvgIpc) is 2.42. The van der Waals surface area contributed by atoms with Gasteiger partial charge in [0.05, 0.1) is 12.1 Å². The lowest BCUT2D eigenvalue weighted by Crippen LogP contribution is -2.09. The Bertz CT molecular complexity index is 430. The van der Waals surface area contributed by atoms with Crippen LogP contribution in [0.25, 0.3) is 0 Å². The van der Waals surface area contributed by atoms with Crippen molar-refractivity contribution in [3.05, 3.63) is 27.7 Å². The molecule has 1 fully saturated rings. The molecule has 0 aliphatic heterocycles. The van der Waals surface area contributed by atoms with Crippen molar-refractivity contribution in [1.29, 1.82) is 0 Å². The van der Waals surface area contributed by atoms with Crippen LogP contribution in [0.3, 0.4) is 0 Å². The third-order valence-corrected chi connectivity index (χ3v) is 5.36. The molecular formula is C15H19BrCl2O. The van der Waals surface area contributed by atoms with E-state index in [9.17, 15) is 0 Å². The monoisotopic (exact) mass is 364 g/mol. The second kappa shape index (κ2) is 7.19. The van der Waals surface area contributed by atoms with E-state index in [4.69, 9.17) is 27.9 Å². The molecule has 0 spiro atoms. The number of ether oxygens (including phenoxy) is 1. The minimum Gasteiger partial charge on any atom is -0.495 e. The van der Waals surface area contributed by atoms with Crippen LogP contribution in [0.5, 0.6) is 5.75 Å². The minimum atomic E-state index is 0.270. The first-order valence-electron chi connectivity index (χ1n) is 6.78. The highest BCUT2D eigenvalue weighted by molar-refractivity contribution is 9.09. The number of halogens is 3. The molecule has 1 aromatic rings. The van der Waals surface area contributed by atoms with E-state index < -0.39 is 0 Å². The summed E-state index contributed by atoms with van der Waals surface area (Å²) >= 11 is 16.3. The molecule has 1 nitrogen and oxygen atoms in total. The highest BCUT2D eigenvalue weighted by Crippen LogP contribution is 2.41. The molecule has 0 amide bonds. The quantitative estimate of drug-likeness (QED) is 0.560. The Morgan fingerprint density at radius 3 is 2.53 bits per heavy atom. The van der Waals surface area contributed by atoms with E-state index in [2.05, 4.69) is 15.9 Å². The summed E-state index contributed by atoms with van der Waals surface area (Å²) in [5, 5.41) is 1.34. The van der Waals surface area contributed by atoms with Gasteiger partial charge in [-0.2, -0.15) is 0 Å². The topological polar surface area (TPSA) is 9.23 Å². The molecule has 1 aliphatic rings. The Morgan fingerprint density at radius 1 is 1.21 bits per heavy atom. The summed E-state index contributed by atoms with van der Waals surface area (Å²) in [5.74, 6) is 1.43. The van der Waals surface area contributed by atoms with Gasteiger partial charge in [0.25, 0.3) is 0 Å². The standard InChI is InChI=1S/C15H19BrCl2O/c1-19-15-9-13(17)11(8-14(15)18)12(16)7-10-5-3-2-4-6-10/h8-10,12H,2-7H2,1H3. The molecule has 0 N–H and O–H groups in total. The first kappa shape index (κ1) is 15.5. The Hall–Kier alpha value is 0.0800. The summed E-state index contributed by atoms with van der Waals surface area (Å²) in [6.45, 7) is 0. The summed E-state index contributed by atoms with van der Waals surface area (Å²) in [6.07, 6.45) is 7.91. The zero-order chi connectivity index (χ0) is 13.8. The molecule has 0 heterocycles. The fourth-order valence-corrected chi connectivity index (χ4v) is 4.36. The van der Waals surface area contributed by atoms with Crippen molar-refractivity contribution in [2.24, 2.45) is 5.92 Å². The Labute approximate surface area is 133 Å². The van der Waals surface area contributed by atoms with E-state index in [-0.39, 0.29) is 4.83 Å². The lowest BCUT2D eigenvalue weighted by Gasteiger charge is -2.24. The Kier molecular flexibility index (Phi) is 5.86. The number of rotatable bonds is 4. The predicted molar refractivity (Wildman–Crippen MR) is 85.9 cm³/mol. The van der Waals surface area contributed by atoms with Crippen LogP contribution in [0.1, 0.15) is 48.9 Å². The minimum absolute atomic E-state index is 0.270. The highest BCUT2D eigenvalue weighted by atomic mass is 79.9. The van der Waals surface area contributed by atoms with Crippen LogP contribution in [-0.4, -0.2) is 7.11 Å². The Balaban J connectivity index is 2.09. The van der Waals surface area contributed by atoms with Crippen molar-refractivity contribution in [2.75, 3.05) is 7.11 Å². The summed E-state index contributed by atoms with van der Waals surface area (Å²) in [5.41, 5.74) is 1.07. The lowest BCUT2D eigenvalue weighted by atomic mass is 9.85. The molecule has 106 valence electrons. The average molecular weight is 366 g/mol. The third kappa shape index (κ3) is 4.03. The molecule has 0 radical (unpaired) electrons. The van der Waals surface area contributed by atoms with Crippen LogP contribution in [0.2, 0.25) is 10.0 Å². The number of hydrogen-bond acceptors (Lipinski definition) is 1. The van der Waals surface area contributed by atoms with Gasteiger partial charge >= 0.3 is 0 Å². The van der Waals surface area contributed by atoms with Gasteiger partial charge in [-0.25, -0.2) is 0 Å². The largest absolute Gasteiger partial charge is 0.495 e. The molecule has 19 heavy (non-hydrogen) atoms. The van der Waals surface area contributed by atoms with Gasteiger partial charge in [0, 0.05) is 15.9 Å². The van der Waals surface area contributed by atoms with Crippen molar-refractivity contribution in [1.82, 2.24) is 0 Å². The van der Waals surface area contributed by atoms with E-state index in [1.807, 2.05) is 6.07 Å². The van der Waals surface area contributed by atoms with E-state index in [1.54, 1.807) is 13.2 Å². The molecule has 1 atom stereocenters. The molecule has 0 saturated heterocycles. The van der Waals surface area contributed by atoms with Gasteiger partial charge in [0.2, 0.25) is 0 Å². The third-order valence-electron chi connectivity index (χ3n) is 3.87. The fraction of sp³-hybridized carbons (Fsp3) is 0.600. The Morgan fingerprint density at radius 2 is 1.89 bits per heavy atom. The molecule has 1 aliphatic carbocycles. The molecule has 1 aromatic carbocycles. The van der Waals surface area contributed by atoms with E-state index in [0.717, 1.165) is 22.9 Å². The smallest absolute Gasteiger partial charge is 0.138 e. The SMILES string of the molecule is COc1cc(Cl)c(C(Br)CC2CCCCC2)cc1Cl. The van der Waals surface area contributed by atoms with E-state index in [0.29, 0.717) is 10.8 Å². The van der Waals surface area contributed by atoms with Crippen LogP contribution in [0.15, 0.2) is 12.1 Å². The van der Waals surface area contributed by atoms with Gasteiger partial charge in [0.15, 0.2) is 0 Å². The summed E-state index contributed by atoms with van der Waals surface area (Å²) in [7, 11) is 1.60.